The summed E-state index contributed by atoms with van der Waals surface area (Å²) in [5.74, 6) is 1.15. The minimum atomic E-state index is -0.288. The molecule has 0 atom stereocenters. The summed E-state index contributed by atoms with van der Waals surface area (Å²) in [5.41, 5.74) is 7.88. The number of hydrogen-bond acceptors (Lipinski definition) is 4. The number of nitrogens with zero attached hydrogens (tertiary/aromatic N) is 2. The molecule has 0 saturated carbocycles. The van der Waals surface area contributed by atoms with Crippen LogP contribution in [0.1, 0.15) is 5.56 Å². The van der Waals surface area contributed by atoms with Crippen LogP contribution in [0.25, 0.3) is 0 Å². The van der Waals surface area contributed by atoms with Gasteiger partial charge in [-0.1, -0.05) is 6.07 Å². The van der Waals surface area contributed by atoms with Gasteiger partial charge in [0.2, 0.25) is 0 Å². The van der Waals surface area contributed by atoms with E-state index in [0.29, 0.717) is 22.9 Å². The summed E-state index contributed by atoms with van der Waals surface area (Å²) in [6.45, 7) is 0.275. The summed E-state index contributed by atoms with van der Waals surface area (Å²) in [6.07, 6.45) is 0. The number of nitrogens with one attached hydrogen (secondary N) is 1. The highest BCUT2D eigenvalue weighted by atomic mass is 19.1. The van der Waals surface area contributed by atoms with E-state index in [1.54, 1.807) is 57.5 Å². The van der Waals surface area contributed by atoms with E-state index >= 15 is 0 Å². The van der Waals surface area contributed by atoms with Gasteiger partial charge in [-0.25, -0.2) is 9.38 Å². The maximum atomic E-state index is 14.0. The number of halogens is 1. The molecule has 6 nitrogen and oxygen atoms in total. The van der Waals surface area contributed by atoms with Crippen molar-refractivity contribution in [1.82, 2.24) is 0 Å². The molecule has 0 fully saturated rings. The maximum Gasteiger partial charge on any atom is 0.193 e. The molecule has 0 saturated heterocycles. The van der Waals surface area contributed by atoms with Gasteiger partial charge in [-0.15, -0.1) is 0 Å². The Morgan fingerprint density at radius 2 is 1.84 bits per heavy atom. The zero-order valence-corrected chi connectivity index (χ0v) is 14.8. The molecule has 2 aromatic rings. The van der Waals surface area contributed by atoms with Gasteiger partial charge in [0.1, 0.15) is 5.82 Å². The van der Waals surface area contributed by atoms with Gasteiger partial charge in [-0.2, -0.15) is 0 Å². The van der Waals surface area contributed by atoms with Crippen LogP contribution in [-0.2, 0) is 6.54 Å². The smallest absolute Gasteiger partial charge is 0.193 e. The van der Waals surface area contributed by atoms with E-state index in [1.807, 2.05) is 6.07 Å². The number of anilines is 2. The number of rotatable bonds is 6. The Morgan fingerprint density at radius 1 is 1.12 bits per heavy atom. The van der Waals surface area contributed by atoms with Crippen LogP contribution in [0.2, 0.25) is 0 Å². The topological polar surface area (TPSA) is 72.1 Å². The van der Waals surface area contributed by atoms with E-state index in [2.05, 4.69) is 10.3 Å². The first kappa shape index (κ1) is 18.4. The van der Waals surface area contributed by atoms with E-state index in [-0.39, 0.29) is 18.3 Å². The molecule has 0 radical (unpaired) electrons. The molecule has 0 bridgehead atoms. The quantitative estimate of drug-likeness (QED) is 0.622. The standard InChI is InChI=1S/C18H23FN4O2/c1-23(2)15-7-5-12(9-14(15)19)11-21-18(20)22-13-6-8-16(24-3)17(10-13)25-4/h5-10H,11H2,1-4H3,(H3,20,21,22). The lowest BCUT2D eigenvalue weighted by Crippen LogP contribution is -2.22. The van der Waals surface area contributed by atoms with Crippen molar-refractivity contribution in [3.05, 3.63) is 47.8 Å². The van der Waals surface area contributed by atoms with Gasteiger partial charge >= 0.3 is 0 Å². The number of hydrogen-bond donors (Lipinski definition) is 2. The van der Waals surface area contributed by atoms with Crippen LogP contribution in [0.3, 0.4) is 0 Å². The first-order chi connectivity index (χ1) is 11.9. The highest BCUT2D eigenvalue weighted by molar-refractivity contribution is 5.92. The van der Waals surface area contributed by atoms with Crippen molar-refractivity contribution in [3.8, 4) is 11.5 Å². The van der Waals surface area contributed by atoms with Crippen molar-refractivity contribution in [3.63, 3.8) is 0 Å². The van der Waals surface area contributed by atoms with Crippen LogP contribution in [-0.4, -0.2) is 34.3 Å². The zero-order valence-electron chi connectivity index (χ0n) is 14.8. The van der Waals surface area contributed by atoms with Gasteiger partial charge in [0.25, 0.3) is 0 Å². The van der Waals surface area contributed by atoms with E-state index in [1.165, 1.54) is 6.07 Å². The lowest BCUT2D eigenvalue weighted by Gasteiger charge is -2.14. The van der Waals surface area contributed by atoms with Crippen molar-refractivity contribution in [1.29, 1.82) is 0 Å². The second kappa shape index (κ2) is 8.23. The molecular weight excluding hydrogens is 323 g/mol. The van der Waals surface area contributed by atoms with Crippen molar-refractivity contribution in [2.24, 2.45) is 10.7 Å². The Labute approximate surface area is 147 Å². The highest BCUT2D eigenvalue weighted by Gasteiger charge is 2.06. The SMILES string of the molecule is COc1ccc(NC(N)=NCc2ccc(N(C)C)c(F)c2)cc1OC. The van der Waals surface area contributed by atoms with E-state index in [4.69, 9.17) is 15.2 Å². The van der Waals surface area contributed by atoms with Gasteiger partial charge in [-0.05, 0) is 29.8 Å². The van der Waals surface area contributed by atoms with Gasteiger partial charge in [0.15, 0.2) is 17.5 Å². The molecule has 134 valence electrons. The second-order valence-corrected chi connectivity index (χ2v) is 5.58. The fraction of sp³-hybridized carbons (Fsp3) is 0.278. The molecule has 7 heteroatoms. The second-order valence-electron chi connectivity index (χ2n) is 5.58. The summed E-state index contributed by atoms with van der Waals surface area (Å²) < 4.78 is 24.4. The van der Waals surface area contributed by atoms with Crippen molar-refractivity contribution in [2.75, 3.05) is 38.5 Å². The summed E-state index contributed by atoms with van der Waals surface area (Å²) >= 11 is 0. The van der Waals surface area contributed by atoms with Crippen molar-refractivity contribution < 1.29 is 13.9 Å². The molecule has 0 amide bonds. The molecule has 0 aliphatic carbocycles. The number of aliphatic imine (C=N–C) groups is 1. The van der Waals surface area contributed by atoms with Crippen LogP contribution in [0.4, 0.5) is 15.8 Å². The summed E-state index contributed by atoms with van der Waals surface area (Å²) in [4.78, 5) is 5.95. The van der Waals surface area contributed by atoms with E-state index in [9.17, 15) is 4.39 Å². The number of benzene rings is 2. The first-order valence-electron chi connectivity index (χ1n) is 7.69. The zero-order chi connectivity index (χ0) is 18.4. The Hall–Kier alpha value is -2.96. The van der Waals surface area contributed by atoms with Crippen LogP contribution >= 0.6 is 0 Å². The van der Waals surface area contributed by atoms with E-state index in [0.717, 1.165) is 5.56 Å². The first-order valence-corrected chi connectivity index (χ1v) is 7.69. The number of ether oxygens (including phenoxy) is 2. The van der Waals surface area contributed by atoms with Crippen LogP contribution in [0, 0.1) is 5.82 Å². The third-order valence-corrected chi connectivity index (χ3v) is 3.58. The Kier molecular flexibility index (Phi) is 6.05. The highest BCUT2D eigenvalue weighted by Crippen LogP contribution is 2.29. The third kappa shape index (κ3) is 4.76. The molecule has 2 aromatic carbocycles. The molecule has 0 spiro atoms. The van der Waals surface area contributed by atoms with Gasteiger partial charge in [0.05, 0.1) is 26.5 Å². The molecule has 25 heavy (non-hydrogen) atoms. The molecule has 2 rings (SSSR count). The maximum absolute atomic E-state index is 14.0. The average molecular weight is 346 g/mol. The molecule has 0 unspecified atom stereocenters. The largest absolute Gasteiger partial charge is 0.493 e. The van der Waals surface area contributed by atoms with Crippen molar-refractivity contribution in [2.45, 2.75) is 6.54 Å². The lowest BCUT2D eigenvalue weighted by molar-refractivity contribution is 0.355. The molecular formula is C18H23FN4O2. The minimum absolute atomic E-state index is 0.226. The normalized spacial score (nSPS) is 11.2. The third-order valence-electron chi connectivity index (χ3n) is 3.58. The van der Waals surface area contributed by atoms with Gasteiger partial charge in [-0.3, -0.25) is 0 Å². The Morgan fingerprint density at radius 3 is 2.44 bits per heavy atom. The lowest BCUT2D eigenvalue weighted by atomic mass is 10.2. The fourth-order valence-corrected chi connectivity index (χ4v) is 2.29. The minimum Gasteiger partial charge on any atom is -0.493 e. The van der Waals surface area contributed by atoms with Crippen LogP contribution in [0.15, 0.2) is 41.4 Å². The molecule has 0 aliphatic rings. The van der Waals surface area contributed by atoms with Gasteiger partial charge < -0.3 is 25.4 Å². The van der Waals surface area contributed by atoms with Gasteiger partial charge in [0, 0.05) is 25.8 Å². The summed E-state index contributed by atoms with van der Waals surface area (Å²) in [5, 5.41) is 2.97. The number of nitrogens with two attached hydrogens (primary N) is 1. The average Bonchev–Trinajstić information content (AvgIpc) is 2.59. The van der Waals surface area contributed by atoms with Crippen molar-refractivity contribution >= 4 is 17.3 Å². The van der Waals surface area contributed by atoms with Crippen LogP contribution < -0.4 is 25.4 Å². The fourth-order valence-electron chi connectivity index (χ4n) is 2.29. The Balaban J connectivity index is 2.06. The molecule has 0 aliphatic heterocycles. The predicted molar refractivity (Wildman–Crippen MR) is 99.2 cm³/mol. The number of guanidine groups is 1. The molecule has 3 N–H and O–H groups in total. The van der Waals surface area contributed by atoms with Crippen LogP contribution in [0.5, 0.6) is 11.5 Å². The van der Waals surface area contributed by atoms with E-state index < -0.39 is 0 Å². The summed E-state index contributed by atoms with van der Waals surface area (Å²) in [7, 11) is 6.72. The monoisotopic (exact) mass is 346 g/mol. The Bertz CT molecular complexity index is 763. The predicted octanol–water partition coefficient (Wildman–Crippen LogP) is 2.84. The number of methoxy groups -OCH3 is 2. The molecule has 0 aromatic heterocycles. The molecule has 0 heterocycles. The summed E-state index contributed by atoms with van der Waals surface area (Å²) in [6, 6.07) is 10.3.